The van der Waals surface area contributed by atoms with Crippen LogP contribution < -0.4 is 5.32 Å². The molecule has 1 heterocycles. The zero-order valence-corrected chi connectivity index (χ0v) is 12.4. The van der Waals surface area contributed by atoms with Crippen molar-refractivity contribution in [2.24, 2.45) is 0 Å². The van der Waals surface area contributed by atoms with E-state index in [1.807, 2.05) is 31.2 Å². The summed E-state index contributed by atoms with van der Waals surface area (Å²) in [7, 11) is 0. The van der Waals surface area contributed by atoms with Crippen molar-refractivity contribution >= 4 is 11.6 Å². The quantitative estimate of drug-likeness (QED) is 0.933. The van der Waals surface area contributed by atoms with Crippen LogP contribution in [0, 0.1) is 6.92 Å². The number of hydrogen-bond donors (Lipinski definition) is 1. The second-order valence-electron chi connectivity index (χ2n) is 5.47. The lowest BCUT2D eigenvalue weighted by Gasteiger charge is -2.11. The zero-order chi connectivity index (χ0) is 14.8. The number of rotatable bonds is 4. The first kappa shape index (κ1) is 13.7. The van der Waals surface area contributed by atoms with Crippen LogP contribution in [-0.4, -0.2) is 15.9 Å². The summed E-state index contributed by atoms with van der Waals surface area (Å²) in [5.41, 5.74) is 3.28. The highest BCUT2D eigenvalue weighted by Gasteiger charge is 2.27. The van der Waals surface area contributed by atoms with Gasteiger partial charge in [-0.15, -0.1) is 0 Å². The van der Waals surface area contributed by atoms with E-state index in [4.69, 9.17) is 0 Å². The van der Waals surface area contributed by atoms with E-state index in [0.717, 1.165) is 42.0 Å². The largest absolute Gasteiger partial charge is 0.322 e. The Kier molecular flexibility index (Phi) is 3.69. The summed E-state index contributed by atoms with van der Waals surface area (Å²) in [4.78, 5) is 21.2. The predicted octanol–water partition coefficient (Wildman–Crippen LogP) is 3.48. The third kappa shape index (κ3) is 2.94. The molecule has 0 radical (unpaired) electrons. The molecule has 1 N–H and O–H groups in total. The lowest BCUT2D eigenvalue weighted by atomic mass is 10.1. The van der Waals surface area contributed by atoms with Gasteiger partial charge < -0.3 is 5.32 Å². The maximum Gasteiger partial charge on any atom is 0.259 e. The minimum absolute atomic E-state index is 0.143. The number of anilines is 1. The molecular weight excluding hydrogens is 262 g/mol. The van der Waals surface area contributed by atoms with Gasteiger partial charge in [-0.1, -0.05) is 25.1 Å². The lowest BCUT2D eigenvalue weighted by Crippen LogP contribution is -2.16. The normalized spacial score (nSPS) is 14.0. The van der Waals surface area contributed by atoms with E-state index < -0.39 is 0 Å². The first-order valence-corrected chi connectivity index (χ1v) is 7.42. The van der Waals surface area contributed by atoms with Crippen molar-refractivity contribution in [3.8, 4) is 0 Å². The van der Waals surface area contributed by atoms with Crippen molar-refractivity contribution in [2.75, 3.05) is 5.32 Å². The van der Waals surface area contributed by atoms with Crippen LogP contribution in [0.25, 0.3) is 0 Å². The van der Waals surface area contributed by atoms with E-state index in [2.05, 4.69) is 22.2 Å². The first-order chi connectivity index (χ1) is 10.2. The third-order valence-electron chi connectivity index (χ3n) is 3.83. The topological polar surface area (TPSA) is 54.9 Å². The molecule has 0 spiro atoms. The number of aromatic nitrogens is 2. The number of nitrogens with one attached hydrogen (secondary N) is 1. The summed E-state index contributed by atoms with van der Waals surface area (Å²) in [6, 6.07) is 7.85. The minimum atomic E-state index is -0.143. The van der Waals surface area contributed by atoms with E-state index in [1.54, 1.807) is 6.20 Å². The SMILES string of the molecule is CCc1ccccc1NC(=O)c1cnc(C2CC2)nc1C. The molecule has 1 aliphatic carbocycles. The molecular formula is C17H19N3O. The van der Waals surface area contributed by atoms with Crippen LogP contribution in [0.2, 0.25) is 0 Å². The van der Waals surface area contributed by atoms with Crippen molar-refractivity contribution in [1.29, 1.82) is 0 Å². The second-order valence-corrected chi connectivity index (χ2v) is 5.47. The van der Waals surface area contributed by atoms with Gasteiger partial charge in [-0.25, -0.2) is 9.97 Å². The maximum absolute atomic E-state index is 12.4. The molecule has 1 fully saturated rings. The van der Waals surface area contributed by atoms with E-state index >= 15 is 0 Å². The summed E-state index contributed by atoms with van der Waals surface area (Å²) in [6.45, 7) is 3.94. The number of nitrogens with zero attached hydrogens (tertiary/aromatic N) is 2. The van der Waals surface area contributed by atoms with Crippen LogP contribution in [0.3, 0.4) is 0 Å². The van der Waals surface area contributed by atoms with Gasteiger partial charge in [-0.2, -0.15) is 0 Å². The molecule has 108 valence electrons. The van der Waals surface area contributed by atoms with Crippen molar-refractivity contribution in [3.63, 3.8) is 0 Å². The van der Waals surface area contributed by atoms with Gasteiger partial charge in [0.2, 0.25) is 0 Å². The predicted molar refractivity (Wildman–Crippen MR) is 82.5 cm³/mol. The van der Waals surface area contributed by atoms with Gasteiger partial charge in [-0.3, -0.25) is 4.79 Å². The molecule has 1 saturated carbocycles. The average Bonchev–Trinajstić information content (AvgIpc) is 3.32. The van der Waals surface area contributed by atoms with Crippen LogP contribution in [0.5, 0.6) is 0 Å². The van der Waals surface area contributed by atoms with Gasteiger partial charge in [0.05, 0.1) is 11.3 Å². The Morgan fingerprint density at radius 2 is 2.10 bits per heavy atom. The number of hydrogen-bond acceptors (Lipinski definition) is 3. The fourth-order valence-electron chi connectivity index (χ4n) is 2.39. The van der Waals surface area contributed by atoms with Crippen LogP contribution >= 0.6 is 0 Å². The summed E-state index contributed by atoms with van der Waals surface area (Å²) in [5, 5.41) is 2.96. The van der Waals surface area contributed by atoms with Gasteiger partial charge in [0.1, 0.15) is 5.82 Å². The number of para-hydroxylation sites is 1. The Labute approximate surface area is 124 Å². The van der Waals surface area contributed by atoms with Gasteiger partial charge in [-0.05, 0) is 37.8 Å². The highest BCUT2D eigenvalue weighted by Crippen LogP contribution is 2.37. The molecule has 0 atom stereocenters. The summed E-state index contributed by atoms with van der Waals surface area (Å²) in [6.07, 6.45) is 4.86. The molecule has 1 aromatic heterocycles. The molecule has 0 bridgehead atoms. The first-order valence-electron chi connectivity index (χ1n) is 7.42. The number of carbonyl (C=O) groups excluding carboxylic acids is 1. The monoisotopic (exact) mass is 281 g/mol. The number of aryl methyl sites for hydroxylation is 2. The third-order valence-corrected chi connectivity index (χ3v) is 3.83. The highest BCUT2D eigenvalue weighted by atomic mass is 16.1. The molecule has 21 heavy (non-hydrogen) atoms. The van der Waals surface area contributed by atoms with Gasteiger partial charge in [0.25, 0.3) is 5.91 Å². The van der Waals surface area contributed by atoms with Crippen LogP contribution in [-0.2, 0) is 6.42 Å². The number of amides is 1. The van der Waals surface area contributed by atoms with Gasteiger partial charge in [0.15, 0.2) is 0 Å². The highest BCUT2D eigenvalue weighted by molar-refractivity contribution is 6.05. The summed E-state index contributed by atoms with van der Waals surface area (Å²) in [5.74, 6) is 1.23. The Morgan fingerprint density at radius 1 is 1.33 bits per heavy atom. The molecule has 0 saturated heterocycles. The van der Waals surface area contributed by atoms with Crippen LogP contribution in [0.15, 0.2) is 30.5 Å². The van der Waals surface area contributed by atoms with Crippen molar-refractivity contribution in [1.82, 2.24) is 9.97 Å². The molecule has 0 unspecified atom stereocenters. The fraction of sp³-hybridized carbons (Fsp3) is 0.353. The fourth-order valence-corrected chi connectivity index (χ4v) is 2.39. The maximum atomic E-state index is 12.4. The standard InChI is InChI=1S/C17H19N3O/c1-3-12-6-4-5-7-15(12)20-17(21)14-10-18-16(13-8-9-13)19-11(14)2/h4-7,10,13H,3,8-9H2,1-2H3,(H,20,21). The number of carbonyl (C=O) groups is 1. The molecule has 0 aliphatic heterocycles. The molecule has 4 nitrogen and oxygen atoms in total. The van der Waals surface area contributed by atoms with Crippen LogP contribution in [0.1, 0.15) is 53.1 Å². The minimum Gasteiger partial charge on any atom is -0.322 e. The molecule has 1 amide bonds. The number of benzene rings is 1. The molecule has 1 aliphatic rings. The van der Waals surface area contributed by atoms with Gasteiger partial charge >= 0.3 is 0 Å². The average molecular weight is 281 g/mol. The molecule has 1 aromatic carbocycles. The Balaban J connectivity index is 1.81. The smallest absolute Gasteiger partial charge is 0.259 e. The summed E-state index contributed by atoms with van der Waals surface area (Å²) < 4.78 is 0. The molecule has 3 rings (SSSR count). The Bertz CT molecular complexity index is 677. The van der Waals surface area contributed by atoms with Gasteiger partial charge in [0, 0.05) is 17.8 Å². The van der Waals surface area contributed by atoms with E-state index in [1.165, 1.54) is 0 Å². The van der Waals surface area contributed by atoms with E-state index in [-0.39, 0.29) is 5.91 Å². The van der Waals surface area contributed by atoms with E-state index in [0.29, 0.717) is 11.5 Å². The van der Waals surface area contributed by atoms with Crippen LogP contribution in [0.4, 0.5) is 5.69 Å². The Hall–Kier alpha value is -2.23. The molecule has 2 aromatic rings. The van der Waals surface area contributed by atoms with Crippen molar-refractivity contribution < 1.29 is 4.79 Å². The Morgan fingerprint density at radius 3 is 2.76 bits per heavy atom. The van der Waals surface area contributed by atoms with E-state index in [9.17, 15) is 4.79 Å². The lowest BCUT2D eigenvalue weighted by molar-refractivity contribution is 0.102. The zero-order valence-electron chi connectivity index (χ0n) is 12.4. The van der Waals surface area contributed by atoms with Crippen molar-refractivity contribution in [2.45, 2.75) is 39.0 Å². The second kappa shape index (κ2) is 5.64. The van der Waals surface area contributed by atoms with Crippen molar-refractivity contribution in [3.05, 3.63) is 53.1 Å². The molecule has 4 heteroatoms. The summed E-state index contributed by atoms with van der Waals surface area (Å²) >= 11 is 0.